The molecule has 1 N–H and O–H groups in total. The maximum absolute atomic E-state index is 12.7. The van der Waals surface area contributed by atoms with E-state index in [0.29, 0.717) is 6.61 Å². The van der Waals surface area contributed by atoms with E-state index in [1.54, 1.807) is 12.5 Å². The molecule has 0 spiro atoms. The molecule has 0 bridgehead atoms. The van der Waals surface area contributed by atoms with E-state index in [1.165, 1.54) is 0 Å². The van der Waals surface area contributed by atoms with Gasteiger partial charge in [-0.25, -0.2) is 4.98 Å². The highest BCUT2D eigenvalue weighted by Crippen LogP contribution is 2.18. The van der Waals surface area contributed by atoms with E-state index in [9.17, 15) is 4.79 Å². The lowest BCUT2D eigenvalue weighted by Crippen LogP contribution is -2.36. The van der Waals surface area contributed by atoms with Crippen LogP contribution in [0.3, 0.4) is 0 Å². The summed E-state index contributed by atoms with van der Waals surface area (Å²) in [6.45, 7) is 5.22. The van der Waals surface area contributed by atoms with Gasteiger partial charge in [-0.3, -0.25) is 4.79 Å². The smallest absolute Gasteiger partial charge is 0.253 e. The van der Waals surface area contributed by atoms with Crippen LogP contribution >= 0.6 is 0 Å². The van der Waals surface area contributed by atoms with Crippen molar-refractivity contribution in [2.24, 2.45) is 5.92 Å². The molecule has 0 aliphatic carbocycles. The molecule has 0 radical (unpaired) electrons. The van der Waals surface area contributed by atoms with Crippen molar-refractivity contribution in [2.75, 3.05) is 18.5 Å². The Labute approximate surface area is 148 Å². The van der Waals surface area contributed by atoms with Crippen LogP contribution in [-0.4, -0.2) is 40.9 Å². The van der Waals surface area contributed by atoms with E-state index in [2.05, 4.69) is 10.3 Å². The van der Waals surface area contributed by atoms with Crippen LogP contribution in [0.5, 0.6) is 0 Å². The zero-order valence-electron chi connectivity index (χ0n) is 14.7. The van der Waals surface area contributed by atoms with E-state index < -0.39 is 6.10 Å². The molecule has 1 aromatic carbocycles. The number of hydrogen-bond donors (Lipinski definition) is 1. The second kappa shape index (κ2) is 8.27. The monoisotopic (exact) mass is 343 g/mol. The average Bonchev–Trinajstić information content (AvgIpc) is 3.29. The highest BCUT2D eigenvalue weighted by Gasteiger charge is 2.26. The molecule has 2 aromatic rings. The Hall–Kier alpha value is -2.18. The van der Waals surface area contributed by atoms with Crippen LogP contribution in [0.15, 0.2) is 43.0 Å². The number of nitrogens with zero attached hydrogens (tertiary/aromatic N) is 2. The summed E-state index contributed by atoms with van der Waals surface area (Å²) >= 11 is 0. The first-order valence-electron chi connectivity index (χ1n) is 8.76. The molecule has 1 amide bonds. The van der Waals surface area contributed by atoms with Crippen molar-refractivity contribution in [3.8, 4) is 5.69 Å². The fraction of sp³-hybridized carbons (Fsp3) is 0.474. The van der Waals surface area contributed by atoms with Crippen LogP contribution in [0.4, 0.5) is 5.69 Å². The van der Waals surface area contributed by atoms with Gasteiger partial charge in [0.2, 0.25) is 0 Å². The third-order valence-electron chi connectivity index (χ3n) is 4.27. The van der Waals surface area contributed by atoms with Gasteiger partial charge in [0.05, 0.1) is 19.0 Å². The van der Waals surface area contributed by atoms with Crippen molar-refractivity contribution in [3.63, 3.8) is 0 Å². The summed E-state index contributed by atoms with van der Waals surface area (Å²) in [7, 11) is 0. The SMILES string of the molecule is CC(C)[C@@H](OC[C@H]1CCCO1)C(=O)Nc1cccc(-n2ccnc2)c1. The van der Waals surface area contributed by atoms with Gasteiger partial charge in [0.1, 0.15) is 6.10 Å². The highest BCUT2D eigenvalue weighted by molar-refractivity contribution is 5.94. The number of rotatable bonds is 7. The van der Waals surface area contributed by atoms with E-state index in [4.69, 9.17) is 9.47 Å². The molecule has 1 saturated heterocycles. The minimum Gasteiger partial charge on any atom is -0.376 e. The summed E-state index contributed by atoms with van der Waals surface area (Å²) in [5.41, 5.74) is 1.68. The van der Waals surface area contributed by atoms with Gasteiger partial charge < -0.3 is 19.4 Å². The molecule has 3 rings (SSSR count). The lowest BCUT2D eigenvalue weighted by atomic mass is 10.1. The zero-order chi connectivity index (χ0) is 17.6. The molecule has 25 heavy (non-hydrogen) atoms. The molecule has 1 aliphatic rings. The van der Waals surface area contributed by atoms with Gasteiger partial charge in [-0.15, -0.1) is 0 Å². The first-order chi connectivity index (χ1) is 12.1. The van der Waals surface area contributed by atoms with Gasteiger partial charge in [0.25, 0.3) is 5.91 Å². The van der Waals surface area contributed by atoms with Gasteiger partial charge in [-0.2, -0.15) is 0 Å². The lowest BCUT2D eigenvalue weighted by Gasteiger charge is -2.22. The standard InChI is InChI=1S/C19H25N3O3/c1-14(2)18(25-12-17-7-4-10-24-17)19(23)21-15-5-3-6-16(11-15)22-9-8-20-13-22/h3,5-6,8-9,11,13-14,17-18H,4,7,10,12H2,1-2H3,(H,21,23)/t17-,18-/m1/s1. The number of benzene rings is 1. The molecular weight excluding hydrogens is 318 g/mol. The van der Waals surface area contributed by atoms with Crippen molar-refractivity contribution in [2.45, 2.75) is 38.9 Å². The number of hydrogen-bond acceptors (Lipinski definition) is 4. The minimum absolute atomic E-state index is 0.0817. The van der Waals surface area contributed by atoms with Gasteiger partial charge in [0, 0.05) is 30.4 Å². The van der Waals surface area contributed by atoms with Crippen molar-refractivity contribution < 1.29 is 14.3 Å². The van der Waals surface area contributed by atoms with Crippen molar-refractivity contribution in [3.05, 3.63) is 43.0 Å². The van der Waals surface area contributed by atoms with E-state index in [1.807, 2.05) is 48.9 Å². The predicted molar refractivity (Wildman–Crippen MR) is 95.7 cm³/mol. The molecule has 6 heteroatoms. The van der Waals surface area contributed by atoms with Crippen molar-refractivity contribution >= 4 is 11.6 Å². The second-order valence-electron chi connectivity index (χ2n) is 6.64. The fourth-order valence-electron chi connectivity index (χ4n) is 2.93. The first-order valence-corrected chi connectivity index (χ1v) is 8.76. The Balaban J connectivity index is 1.63. The van der Waals surface area contributed by atoms with E-state index in [-0.39, 0.29) is 17.9 Å². The largest absolute Gasteiger partial charge is 0.376 e. The van der Waals surface area contributed by atoms with Crippen molar-refractivity contribution in [1.82, 2.24) is 9.55 Å². The second-order valence-corrected chi connectivity index (χ2v) is 6.64. The summed E-state index contributed by atoms with van der Waals surface area (Å²) in [6.07, 6.45) is 6.98. The molecule has 2 atom stereocenters. The van der Waals surface area contributed by atoms with Gasteiger partial charge >= 0.3 is 0 Å². The third kappa shape index (κ3) is 4.67. The Morgan fingerprint density at radius 1 is 1.48 bits per heavy atom. The van der Waals surface area contributed by atoms with Crippen LogP contribution in [0.2, 0.25) is 0 Å². The molecule has 6 nitrogen and oxygen atoms in total. The predicted octanol–water partition coefficient (Wildman–Crippen LogP) is 3.03. The minimum atomic E-state index is -0.499. The van der Waals surface area contributed by atoms with Crippen LogP contribution in [0.1, 0.15) is 26.7 Å². The maximum Gasteiger partial charge on any atom is 0.253 e. The Kier molecular flexibility index (Phi) is 5.83. The van der Waals surface area contributed by atoms with Crippen molar-refractivity contribution in [1.29, 1.82) is 0 Å². The molecule has 1 aromatic heterocycles. The van der Waals surface area contributed by atoms with Crippen LogP contribution in [-0.2, 0) is 14.3 Å². The summed E-state index contributed by atoms with van der Waals surface area (Å²) in [4.78, 5) is 16.7. The van der Waals surface area contributed by atoms with Crippen LogP contribution in [0, 0.1) is 5.92 Å². The molecule has 0 saturated carbocycles. The average molecular weight is 343 g/mol. The quantitative estimate of drug-likeness (QED) is 0.839. The van der Waals surface area contributed by atoms with E-state index in [0.717, 1.165) is 30.8 Å². The fourth-order valence-corrected chi connectivity index (χ4v) is 2.93. The molecule has 1 fully saturated rings. The number of nitrogens with one attached hydrogen (secondary N) is 1. The normalized spacial score (nSPS) is 18.4. The van der Waals surface area contributed by atoms with E-state index >= 15 is 0 Å². The summed E-state index contributed by atoms with van der Waals surface area (Å²) in [5.74, 6) is -0.0472. The summed E-state index contributed by atoms with van der Waals surface area (Å²) in [6, 6.07) is 7.65. The molecular formula is C19H25N3O3. The lowest BCUT2D eigenvalue weighted by molar-refractivity contribution is -0.132. The molecule has 134 valence electrons. The third-order valence-corrected chi connectivity index (χ3v) is 4.27. The Bertz CT molecular complexity index is 679. The van der Waals surface area contributed by atoms with Gasteiger partial charge in [-0.05, 0) is 37.0 Å². The summed E-state index contributed by atoms with van der Waals surface area (Å²) in [5, 5.41) is 2.96. The Morgan fingerprint density at radius 2 is 2.36 bits per heavy atom. The number of imidazole rings is 1. The number of carbonyl (C=O) groups is 1. The summed E-state index contributed by atoms with van der Waals surface area (Å²) < 4.78 is 13.3. The molecule has 0 unspecified atom stereocenters. The number of aromatic nitrogens is 2. The number of ether oxygens (including phenoxy) is 2. The van der Waals surface area contributed by atoms with Gasteiger partial charge in [-0.1, -0.05) is 19.9 Å². The molecule has 1 aliphatic heterocycles. The number of amides is 1. The first kappa shape index (κ1) is 17.6. The number of anilines is 1. The zero-order valence-corrected chi connectivity index (χ0v) is 14.7. The molecule has 2 heterocycles. The Morgan fingerprint density at radius 3 is 3.04 bits per heavy atom. The highest BCUT2D eigenvalue weighted by atomic mass is 16.5. The topological polar surface area (TPSA) is 65.4 Å². The number of carbonyl (C=O) groups excluding carboxylic acids is 1. The maximum atomic E-state index is 12.7. The van der Waals surface area contributed by atoms with Crippen LogP contribution in [0.25, 0.3) is 5.69 Å². The van der Waals surface area contributed by atoms with Crippen LogP contribution < -0.4 is 5.32 Å². The van der Waals surface area contributed by atoms with Gasteiger partial charge in [0.15, 0.2) is 0 Å².